The summed E-state index contributed by atoms with van der Waals surface area (Å²) in [5.74, 6) is 1.33. The number of benzene rings is 1. The van der Waals surface area contributed by atoms with E-state index in [4.69, 9.17) is 16.6 Å². The summed E-state index contributed by atoms with van der Waals surface area (Å²) in [7, 11) is 0. The normalized spacial score (nSPS) is 15.7. The fraction of sp³-hybridized carbons (Fsp3) is 0.500. The van der Waals surface area contributed by atoms with Crippen molar-refractivity contribution in [1.82, 2.24) is 0 Å². The van der Waals surface area contributed by atoms with Gasteiger partial charge in [0, 0.05) is 6.61 Å². The van der Waals surface area contributed by atoms with Gasteiger partial charge < -0.3 is 16.6 Å². The van der Waals surface area contributed by atoms with Gasteiger partial charge in [-0.2, -0.15) is 11.8 Å². The molecular formula is C14H22N2O2S. The van der Waals surface area contributed by atoms with Crippen LogP contribution in [0.4, 0.5) is 0 Å². The fourth-order valence-corrected chi connectivity index (χ4v) is 2.86. The number of rotatable bonds is 8. The molecule has 0 heterocycles. The third-order valence-electron chi connectivity index (χ3n) is 3.08. The van der Waals surface area contributed by atoms with E-state index in [2.05, 4.69) is 0 Å². The molecule has 5 heteroatoms. The summed E-state index contributed by atoms with van der Waals surface area (Å²) < 4.78 is 0. The van der Waals surface area contributed by atoms with Crippen molar-refractivity contribution in [3.63, 3.8) is 0 Å². The Kier molecular flexibility index (Phi) is 6.34. The number of aliphatic hydroxyl groups is 1. The molecule has 4 nitrogen and oxygen atoms in total. The third-order valence-corrected chi connectivity index (χ3v) is 4.38. The summed E-state index contributed by atoms with van der Waals surface area (Å²) in [6.07, 6.45) is 0.495. The van der Waals surface area contributed by atoms with Crippen LogP contribution in [-0.4, -0.2) is 29.1 Å². The maximum atomic E-state index is 11.7. The molecule has 0 aliphatic carbocycles. The topological polar surface area (TPSA) is 89.3 Å². The first-order valence-corrected chi connectivity index (χ1v) is 7.49. The van der Waals surface area contributed by atoms with Crippen LogP contribution in [0.3, 0.4) is 0 Å². The Bertz CT molecular complexity index is 400. The summed E-state index contributed by atoms with van der Waals surface area (Å²) >= 11 is 1.68. The average molecular weight is 282 g/mol. The Balaban J connectivity index is 2.61. The zero-order chi connectivity index (χ0) is 14.3. The molecule has 1 aromatic rings. The summed E-state index contributed by atoms with van der Waals surface area (Å²) in [5.41, 5.74) is 11.3. The van der Waals surface area contributed by atoms with E-state index in [1.165, 1.54) is 0 Å². The Morgan fingerprint density at radius 2 is 2.05 bits per heavy atom. The second-order valence-electron chi connectivity index (χ2n) is 4.81. The van der Waals surface area contributed by atoms with Crippen molar-refractivity contribution in [2.45, 2.75) is 18.9 Å². The predicted molar refractivity (Wildman–Crippen MR) is 79.7 cm³/mol. The third kappa shape index (κ3) is 4.53. The van der Waals surface area contributed by atoms with Crippen molar-refractivity contribution in [2.24, 2.45) is 17.4 Å². The van der Waals surface area contributed by atoms with Gasteiger partial charge in [0.15, 0.2) is 0 Å². The van der Waals surface area contributed by atoms with Crippen molar-refractivity contribution < 1.29 is 9.90 Å². The Labute approximate surface area is 118 Å². The summed E-state index contributed by atoms with van der Waals surface area (Å²) in [4.78, 5) is 11.7. The Morgan fingerprint density at radius 3 is 2.58 bits per heavy atom. The highest BCUT2D eigenvalue weighted by molar-refractivity contribution is 7.99. The maximum Gasteiger partial charge on any atom is 0.242 e. The van der Waals surface area contributed by atoms with Gasteiger partial charge in [-0.15, -0.1) is 0 Å². The minimum Gasteiger partial charge on any atom is -0.396 e. The first kappa shape index (κ1) is 16.0. The van der Waals surface area contributed by atoms with Gasteiger partial charge in [0.1, 0.15) is 5.54 Å². The average Bonchev–Trinajstić information content (AvgIpc) is 2.43. The number of carbonyl (C=O) groups excluding carboxylic acids is 1. The molecule has 0 aliphatic heterocycles. The first-order valence-electron chi connectivity index (χ1n) is 6.33. The molecule has 5 N–H and O–H groups in total. The van der Waals surface area contributed by atoms with Crippen molar-refractivity contribution >= 4 is 17.7 Å². The van der Waals surface area contributed by atoms with E-state index in [9.17, 15) is 4.79 Å². The minimum absolute atomic E-state index is 0.176. The van der Waals surface area contributed by atoms with Crippen LogP contribution in [0.25, 0.3) is 0 Å². The largest absolute Gasteiger partial charge is 0.396 e. The molecule has 0 aliphatic rings. The number of thioether (sulfide) groups is 1. The quantitative estimate of drug-likeness (QED) is 0.622. The molecule has 19 heavy (non-hydrogen) atoms. The number of hydrogen-bond acceptors (Lipinski definition) is 4. The van der Waals surface area contributed by atoms with Gasteiger partial charge in [-0.3, -0.25) is 4.79 Å². The van der Waals surface area contributed by atoms with Gasteiger partial charge in [0.2, 0.25) is 5.91 Å². The highest BCUT2D eigenvalue weighted by Gasteiger charge is 2.33. The smallest absolute Gasteiger partial charge is 0.242 e. The van der Waals surface area contributed by atoms with Crippen molar-refractivity contribution in [3.05, 3.63) is 35.9 Å². The van der Waals surface area contributed by atoms with E-state index in [1.54, 1.807) is 11.8 Å². The lowest BCUT2D eigenvalue weighted by Crippen LogP contribution is -2.49. The molecular weight excluding hydrogens is 260 g/mol. The molecule has 1 amide bonds. The molecule has 0 aromatic heterocycles. The second kappa shape index (κ2) is 7.53. The van der Waals surface area contributed by atoms with Crippen LogP contribution in [0.2, 0.25) is 0 Å². The highest BCUT2D eigenvalue weighted by atomic mass is 32.2. The van der Waals surface area contributed by atoms with E-state index >= 15 is 0 Å². The van der Waals surface area contributed by atoms with Crippen molar-refractivity contribution in [3.8, 4) is 0 Å². The molecule has 1 aromatic carbocycles. The number of amides is 1. The van der Waals surface area contributed by atoms with Crippen LogP contribution in [0, 0.1) is 5.92 Å². The van der Waals surface area contributed by atoms with E-state index in [1.807, 2.05) is 37.3 Å². The summed E-state index contributed by atoms with van der Waals surface area (Å²) in [5, 5.41) is 8.95. The molecule has 106 valence electrons. The minimum atomic E-state index is -1.11. The number of hydrogen-bond donors (Lipinski definition) is 3. The number of nitrogens with two attached hydrogens (primary N) is 2. The van der Waals surface area contributed by atoms with Crippen LogP contribution in [0.1, 0.15) is 18.9 Å². The molecule has 0 spiro atoms. The molecule has 0 bridgehead atoms. The van der Waals surface area contributed by atoms with Gasteiger partial charge in [-0.05, 0) is 29.4 Å². The van der Waals surface area contributed by atoms with Crippen LogP contribution in [0.15, 0.2) is 30.3 Å². The monoisotopic (exact) mass is 282 g/mol. The van der Waals surface area contributed by atoms with E-state index in [-0.39, 0.29) is 12.5 Å². The molecule has 0 saturated carbocycles. The molecule has 2 atom stereocenters. The van der Waals surface area contributed by atoms with E-state index in [0.29, 0.717) is 6.42 Å². The van der Waals surface area contributed by atoms with Crippen LogP contribution in [-0.2, 0) is 10.3 Å². The molecule has 0 fully saturated rings. The highest BCUT2D eigenvalue weighted by Crippen LogP contribution is 2.24. The Hall–Kier alpha value is -1.04. The second-order valence-corrected chi connectivity index (χ2v) is 5.96. The van der Waals surface area contributed by atoms with Crippen LogP contribution in [0.5, 0.6) is 0 Å². The van der Waals surface area contributed by atoms with Gasteiger partial charge in [0.05, 0.1) is 0 Å². The Morgan fingerprint density at radius 1 is 1.42 bits per heavy atom. The van der Waals surface area contributed by atoms with Crippen molar-refractivity contribution in [1.29, 1.82) is 0 Å². The molecule has 2 unspecified atom stereocenters. The first-order chi connectivity index (χ1) is 9.00. The van der Waals surface area contributed by atoms with Crippen LogP contribution >= 0.6 is 11.8 Å². The SMILES string of the molecule is CC(CO)CSCCC(N)(C(N)=O)c1ccccc1. The van der Waals surface area contributed by atoms with E-state index < -0.39 is 11.4 Å². The standard InChI is InChI=1S/C14H22N2O2S/c1-11(9-17)10-19-8-7-14(16,13(15)18)12-5-3-2-4-6-12/h2-6,11,17H,7-10,16H2,1H3,(H2,15,18). The van der Waals surface area contributed by atoms with Gasteiger partial charge in [-0.25, -0.2) is 0 Å². The molecule has 1 rings (SSSR count). The van der Waals surface area contributed by atoms with Crippen LogP contribution < -0.4 is 11.5 Å². The fourth-order valence-electron chi connectivity index (χ4n) is 1.72. The van der Waals surface area contributed by atoms with E-state index in [0.717, 1.165) is 17.1 Å². The van der Waals surface area contributed by atoms with Gasteiger partial charge >= 0.3 is 0 Å². The van der Waals surface area contributed by atoms with Gasteiger partial charge in [0.25, 0.3) is 0 Å². The summed E-state index contributed by atoms with van der Waals surface area (Å²) in [6.45, 7) is 2.16. The zero-order valence-corrected chi connectivity index (χ0v) is 12.0. The lowest BCUT2D eigenvalue weighted by atomic mass is 9.88. The zero-order valence-electron chi connectivity index (χ0n) is 11.2. The number of aliphatic hydroxyl groups excluding tert-OH is 1. The maximum absolute atomic E-state index is 11.7. The predicted octanol–water partition coefficient (Wildman–Crippen LogP) is 1.08. The summed E-state index contributed by atoms with van der Waals surface area (Å²) in [6, 6.07) is 9.22. The number of primary amides is 1. The lowest BCUT2D eigenvalue weighted by Gasteiger charge is -2.26. The van der Waals surface area contributed by atoms with Gasteiger partial charge in [-0.1, -0.05) is 37.3 Å². The molecule has 0 radical (unpaired) electrons. The molecule has 0 saturated heterocycles. The lowest BCUT2D eigenvalue weighted by molar-refractivity contribution is -0.123. The number of carbonyl (C=O) groups is 1. The van der Waals surface area contributed by atoms with Crippen molar-refractivity contribution in [2.75, 3.05) is 18.1 Å².